The van der Waals surface area contributed by atoms with E-state index in [1.165, 1.54) is 12.1 Å². The first kappa shape index (κ1) is 20.3. The van der Waals surface area contributed by atoms with Crippen molar-refractivity contribution in [3.63, 3.8) is 0 Å². The van der Waals surface area contributed by atoms with Crippen molar-refractivity contribution in [2.45, 2.75) is 58.5 Å². The van der Waals surface area contributed by atoms with E-state index in [1.54, 1.807) is 6.20 Å². The van der Waals surface area contributed by atoms with E-state index in [-0.39, 0.29) is 17.9 Å². The highest BCUT2D eigenvalue weighted by molar-refractivity contribution is 5.82. The summed E-state index contributed by atoms with van der Waals surface area (Å²) in [6, 6.07) is -0.00485. The molecule has 2 atom stereocenters. The van der Waals surface area contributed by atoms with Crippen molar-refractivity contribution in [2.75, 3.05) is 13.7 Å². The third-order valence-electron chi connectivity index (χ3n) is 4.48. The lowest BCUT2D eigenvalue weighted by Gasteiger charge is -2.34. The van der Waals surface area contributed by atoms with Crippen LogP contribution in [-0.4, -0.2) is 48.0 Å². The summed E-state index contributed by atoms with van der Waals surface area (Å²) in [5, 5.41) is 1.53. The van der Waals surface area contributed by atoms with Gasteiger partial charge in [0.25, 0.3) is 6.47 Å². The molecular weight excluding hydrogens is 308 g/mol. The number of nitrogens with two attached hydrogens (primary N) is 2. The Morgan fingerprint density at radius 3 is 2.29 bits per heavy atom. The average Bonchev–Trinajstić information content (AvgIpc) is 3.29. The number of hydrogen-bond donors (Lipinski definition) is 2. The van der Waals surface area contributed by atoms with Crippen molar-refractivity contribution in [1.82, 2.24) is 9.91 Å². The third-order valence-corrected chi connectivity index (χ3v) is 4.48. The van der Waals surface area contributed by atoms with Gasteiger partial charge in [0.05, 0.1) is 7.11 Å². The zero-order valence-electron chi connectivity index (χ0n) is 15.3. The first-order valence-electron chi connectivity index (χ1n) is 8.60. The lowest BCUT2D eigenvalue weighted by molar-refractivity contribution is -0.138. The van der Waals surface area contributed by atoms with Crippen molar-refractivity contribution in [2.24, 2.45) is 23.4 Å². The van der Waals surface area contributed by atoms with Crippen LogP contribution in [0.2, 0.25) is 0 Å². The summed E-state index contributed by atoms with van der Waals surface area (Å²) in [6.45, 7) is 7.39. The molecule has 1 amide bonds. The van der Waals surface area contributed by atoms with E-state index in [2.05, 4.69) is 11.7 Å². The van der Waals surface area contributed by atoms with Gasteiger partial charge in [0.2, 0.25) is 5.91 Å². The number of carbonyl (C=O) groups excluding carboxylic acids is 2. The van der Waals surface area contributed by atoms with Crippen molar-refractivity contribution in [3.8, 4) is 0 Å². The predicted octanol–water partition coefficient (Wildman–Crippen LogP) is 1.20. The Bertz CT molecular complexity index is 449. The third kappa shape index (κ3) is 5.70. The number of likely N-dealkylation sites (tertiary alicyclic amines) is 1. The van der Waals surface area contributed by atoms with Gasteiger partial charge in [-0.25, -0.2) is 5.84 Å². The Balaban J connectivity index is 0.000000648. The summed E-state index contributed by atoms with van der Waals surface area (Å²) in [5.74, 6) is 6.88. The standard InChI is InChI=1S/C15H28N4O.C2H4O2/c1-10(2)14(15(20)18-8-4-5-11(18)3)19(17)9-13(16)12-6-7-12;1-4-2-3/h9-12,14H,4-8,16-17H2,1-3H3;2H,1H3/b13-9-;. The normalized spacial score (nSPS) is 21.8. The molecule has 0 radical (unpaired) electrons. The fourth-order valence-corrected chi connectivity index (χ4v) is 2.96. The van der Waals surface area contributed by atoms with Gasteiger partial charge < -0.3 is 20.4 Å². The number of rotatable bonds is 6. The molecule has 1 aliphatic carbocycles. The van der Waals surface area contributed by atoms with Gasteiger partial charge in [-0.2, -0.15) is 0 Å². The quantitative estimate of drug-likeness (QED) is 0.428. The number of ether oxygens (including phenoxy) is 1. The van der Waals surface area contributed by atoms with E-state index >= 15 is 0 Å². The largest absolute Gasteiger partial charge is 0.471 e. The Hall–Kier alpha value is -1.76. The summed E-state index contributed by atoms with van der Waals surface area (Å²) in [6.07, 6.45) is 6.21. The molecular formula is C17H32N4O3. The molecule has 0 aromatic heterocycles. The molecule has 1 heterocycles. The van der Waals surface area contributed by atoms with Crippen LogP contribution in [0.4, 0.5) is 0 Å². The molecule has 2 fully saturated rings. The lowest BCUT2D eigenvalue weighted by Crippen LogP contribution is -2.53. The highest BCUT2D eigenvalue weighted by atomic mass is 16.5. The van der Waals surface area contributed by atoms with Crippen LogP contribution in [0.25, 0.3) is 0 Å². The van der Waals surface area contributed by atoms with E-state index in [1.807, 2.05) is 18.7 Å². The van der Waals surface area contributed by atoms with Gasteiger partial charge in [-0.05, 0) is 38.5 Å². The fraction of sp³-hybridized carbons (Fsp3) is 0.765. The summed E-state index contributed by atoms with van der Waals surface area (Å²) in [5.41, 5.74) is 6.82. The van der Waals surface area contributed by atoms with Gasteiger partial charge in [-0.3, -0.25) is 9.59 Å². The minimum Gasteiger partial charge on any atom is -0.471 e. The summed E-state index contributed by atoms with van der Waals surface area (Å²) < 4.78 is 3.86. The Kier molecular flexibility index (Phi) is 8.04. The van der Waals surface area contributed by atoms with E-state index in [4.69, 9.17) is 16.4 Å². The average molecular weight is 340 g/mol. The number of amides is 1. The molecule has 0 bridgehead atoms. The van der Waals surface area contributed by atoms with Gasteiger partial charge in [-0.1, -0.05) is 13.8 Å². The second kappa shape index (κ2) is 9.52. The van der Waals surface area contributed by atoms with Crippen LogP contribution in [0.15, 0.2) is 11.9 Å². The van der Waals surface area contributed by atoms with Gasteiger partial charge >= 0.3 is 0 Å². The SMILES string of the molecule is CC(C)C(C(=O)N1CCCC1C)N(N)/C=C(\N)C1CC1.COC=O. The summed E-state index contributed by atoms with van der Waals surface area (Å²) >= 11 is 0. The number of nitrogens with zero attached hydrogens (tertiary/aromatic N) is 2. The first-order valence-corrected chi connectivity index (χ1v) is 8.60. The molecule has 0 aromatic carbocycles. The van der Waals surface area contributed by atoms with E-state index in [0.29, 0.717) is 18.4 Å². The van der Waals surface area contributed by atoms with Crippen LogP contribution >= 0.6 is 0 Å². The maximum absolute atomic E-state index is 12.7. The highest BCUT2D eigenvalue weighted by Gasteiger charge is 2.35. The van der Waals surface area contributed by atoms with Crippen molar-refractivity contribution < 1.29 is 14.3 Å². The summed E-state index contributed by atoms with van der Waals surface area (Å²) in [4.78, 5) is 23.7. The number of allylic oxidation sites excluding steroid dienone is 1. The Morgan fingerprint density at radius 1 is 1.33 bits per heavy atom. The molecule has 2 unspecified atom stereocenters. The minimum absolute atomic E-state index is 0.132. The molecule has 24 heavy (non-hydrogen) atoms. The lowest BCUT2D eigenvalue weighted by atomic mass is 10.0. The Labute approximate surface area is 144 Å². The second-order valence-electron chi connectivity index (χ2n) is 6.89. The van der Waals surface area contributed by atoms with E-state index in [0.717, 1.165) is 37.9 Å². The van der Waals surface area contributed by atoms with Crippen LogP contribution in [-0.2, 0) is 14.3 Å². The molecule has 4 N–H and O–H groups in total. The fourth-order valence-electron chi connectivity index (χ4n) is 2.96. The van der Waals surface area contributed by atoms with Gasteiger partial charge in [0.1, 0.15) is 6.04 Å². The number of hydrazine groups is 1. The molecule has 0 spiro atoms. The summed E-state index contributed by atoms with van der Waals surface area (Å²) in [7, 11) is 1.31. The molecule has 1 aliphatic heterocycles. The molecule has 2 rings (SSSR count). The number of methoxy groups -OCH3 is 1. The zero-order chi connectivity index (χ0) is 18.3. The maximum atomic E-state index is 12.7. The van der Waals surface area contributed by atoms with E-state index in [9.17, 15) is 4.79 Å². The number of hydrogen-bond acceptors (Lipinski definition) is 6. The molecule has 7 nitrogen and oxygen atoms in total. The molecule has 7 heteroatoms. The van der Waals surface area contributed by atoms with Gasteiger partial charge in [0, 0.05) is 30.4 Å². The van der Waals surface area contributed by atoms with Crippen LogP contribution in [0.5, 0.6) is 0 Å². The first-order chi connectivity index (χ1) is 11.3. The van der Waals surface area contributed by atoms with Gasteiger partial charge in [-0.15, -0.1) is 0 Å². The molecule has 1 saturated heterocycles. The maximum Gasteiger partial charge on any atom is 0.292 e. The minimum atomic E-state index is -0.326. The monoisotopic (exact) mass is 340 g/mol. The molecule has 2 aliphatic rings. The van der Waals surface area contributed by atoms with Crippen molar-refractivity contribution in [3.05, 3.63) is 11.9 Å². The Morgan fingerprint density at radius 2 is 1.92 bits per heavy atom. The van der Waals surface area contributed by atoms with Crippen LogP contribution in [0.1, 0.15) is 46.5 Å². The van der Waals surface area contributed by atoms with Crippen LogP contribution in [0.3, 0.4) is 0 Å². The zero-order valence-corrected chi connectivity index (χ0v) is 15.3. The topological polar surface area (TPSA) is 102 Å². The highest BCUT2D eigenvalue weighted by Crippen LogP contribution is 2.34. The van der Waals surface area contributed by atoms with E-state index < -0.39 is 0 Å². The van der Waals surface area contributed by atoms with Crippen LogP contribution in [0, 0.1) is 11.8 Å². The van der Waals surface area contributed by atoms with Crippen molar-refractivity contribution in [1.29, 1.82) is 0 Å². The second-order valence-corrected chi connectivity index (χ2v) is 6.89. The van der Waals surface area contributed by atoms with Crippen LogP contribution < -0.4 is 11.6 Å². The van der Waals surface area contributed by atoms with Crippen molar-refractivity contribution >= 4 is 12.4 Å². The molecule has 1 saturated carbocycles. The van der Waals surface area contributed by atoms with Gasteiger partial charge in [0.15, 0.2) is 0 Å². The predicted molar refractivity (Wildman–Crippen MR) is 93.1 cm³/mol. The number of carbonyl (C=O) groups is 2. The molecule has 0 aromatic rings. The smallest absolute Gasteiger partial charge is 0.292 e. The molecule has 138 valence electrons.